The zero-order chi connectivity index (χ0) is 6.78. The number of hydrogen-bond donors (Lipinski definition) is 0. The van der Waals surface area contributed by atoms with E-state index in [4.69, 9.17) is 34.8 Å². The van der Waals surface area contributed by atoms with Gasteiger partial charge in [-0.15, -0.1) is 0 Å². The third-order valence-corrected chi connectivity index (χ3v) is 2.76. The van der Waals surface area contributed by atoms with Crippen molar-refractivity contribution in [1.82, 2.24) is 0 Å². The van der Waals surface area contributed by atoms with Crippen molar-refractivity contribution in [1.29, 1.82) is 0 Å². The van der Waals surface area contributed by atoms with Crippen LogP contribution < -0.4 is 0 Å². The minimum absolute atomic E-state index is 0.700. The van der Waals surface area contributed by atoms with Gasteiger partial charge in [0.2, 0.25) is 3.79 Å². The standard InChI is InChI=1S/C3H4BrCl3Si/c1-8(4)2-3(5,6)7/h2H,1H3. The first-order chi connectivity index (χ1) is 3.42. The topological polar surface area (TPSA) is 0 Å². The molecule has 0 aromatic carbocycles. The second kappa shape index (κ2) is 3.57. The van der Waals surface area contributed by atoms with Gasteiger partial charge in [-0.25, -0.2) is 0 Å². The van der Waals surface area contributed by atoms with E-state index in [1.807, 2.05) is 6.55 Å². The van der Waals surface area contributed by atoms with Gasteiger partial charge >= 0.3 is 0 Å². The molecular formula is C3H4BrCl3Si. The van der Waals surface area contributed by atoms with Crippen molar-refractivity contribution < 1.29 is 0 Å². The Morgan fingerprint density at radius 1 is 1.50 bits per heavy atom. The molecule has 0 radical (unpaired) electrons. The smallest absolute Gasteiger partial charge is 0.0994 e. The van der Waals surface area contributed by atoms with Crippen LogP contribution in [0.25, 0.3) is 0 Å². The highest BCUT2D eigenvalue weighted by molar-refractivity contribution is 9.24. The van der Waals surface area contributed by atoms with Crippen LogP contribution in [0.2, 0.25) is 6.55 Å². The Hall–Kier alpha value is 1.44. The summed E-state index contributed by atoms with van der Waals surface area (Å²) < 4.78 is -1.19. The summed E-state index contributed by atoms with van der Waals surface area (Å²) in [6.07, 6.45) is 0. The van der Waals surface area contributed by atoms with Gasteiger partial charge < -0.3 is 0 Å². The Balaban J connectivity index is 3.89. The largest absolute Gasteiger partial charge is 0.206 e. The molecule has 48 valence electrons. The number of halogens is 4. The fraction of sp³-hybridized carbons (Fsp3) is 0.667. The van der Waals surface area contributed by atoms with Crippen LogP contribution in [0.5, 0.6) is 0 Å². The molecular weight excluding hydrogens is 250 g/mol. The maximum atomic E-state index is 5.40. The molecule has 0 bridgehead atoms. The van der Waals surface area contributed by atoms with E-state index in [1.54, 1.807) is 5.67 Å². The second-order valence-electron chi connectivity index (χ2n) is 1.27. The summed E-state index contributed by atoms with van der Waals surface area (Å²) in [5.41, 5.74) is 1.67. The minimum Gasteiger partial charge on any atom is -0.0994 e. The molecule has 0 saturated heterocycles. The molecule has 0 aromatic rings. The van der Waals surface area contributed by atoms with Crippen LogP contribution in [-0.2, 0) is 0 Å². The maximum absolute atomic E-state index is 5.40. The van der Waals surface area contributed by atoms with Gasteiger partial charge in [-0.3, -0.25) is 0 Å². The van der Waals surface area contributed by atoms with Gasteiger partial charge in [0.05, 0.1) is 7.03 Å². The normalized spacial score (nSPS) is 14.4. The third-order valence-electron chi connectivity index (χ3n) is 0.363. The Labute approximate surface area is 72.9 Å². The van der Waals surface area contributed by atoms with Gasteiger partial charge in [0.1, 0.15) is 0 Å². The lowest BCUT2D eigenvalue weighted by atomic mass is 10.9. The lowest BCUT2D eigenvalue weighted by Crippen LogP contribution is -2.08. The lowest BCUT2D eigenvalue weighted by Gasteiger charge is -2.01. The van der Waals surface area contributed by atoms with Crippen molar-refractivity contribution in [2.45, 2.75) is 10.3 Å². The van der Waals surface area contributed by atoms with E-state index in [1.165, 1.54) is 0 Å². The molecule has 0 amide bonds. The number of alkyl halides is 3. The summed E-state index contributed by atoms with van der Waals surface area (Å²) in [6, 6.07) is 0. The van der Waals surface area contributed by atoms with E-state index in [9.17, 15) is 0 Å². The summed E-state index contributed by atoms with van der Waals surface area (Å²) >= 11 is 19.5. The summed E-state index contributed by atoms with van der Waals surface area (Å²) in [7, 11) is -0.700. The van der Waals surface area contributed by atoms with Gasteiger partial charge in [0.15, 0.2) is 0 Å². The number of rotatable bonds is 0. The molecule has 0 unspecified atom stereocenters. The Morgan fingerprint density at radius 2 is 1.88 bits per heavy atom. The zero-order valence-electron chi connectivity index (χ0n) is 4.09. The average molecular weight is 254 g/mol. The molecule has 0 N–H and O–H groups in total. The summed E-state index contributed by atoms with van der Waals surface area (Å²) in [6.45, 7) is 1.98. The van der Waals surface area contributed by atoms with Crippen molar-refractivity contribution in [2.24, 2.45) is 0 Å². The van der Waals surface area contributed by atoms with Crippen molar-refractivity contribution in [3.05, 3.63) is 0 Å². The van der Waals surface area contributed by atoms with Crippen LogP contribution in [0.15, 0.2) is 0 Å². The van der Waals surface area contributed by atoms with Crippen molar-refractivity contribution in [3.63, 3.8) is 0 Å². The van der Waals surface area contributed by atoms with Crippen LogP contribution in [0, 0.1) is 0 Å². The van der Waals surface area contributed by atoms with Gasteiger partial charge in [-0.1, -0.05) is 50.1 Å². The molecule has 0 aromatic heterocycles. The van der Waals surface area contributed by atoms with Crippen molar-refractivity contribution in [3.8, 4) is 0 Å². The highest BCUT2D eigenvalue weighted by Gasteiger charge is 2.14. The van der Waals surface area contributed by atoms with Crippen LogP contribution in [0.1, 0.15) is 0 Å². The Kier molecular flexibility index (Phi) is 4.21. The highest BCUT2D eigenvalue weighted by Crippen LogP contribution is 2.22. The van der Waals surface area contributed by atoms with Crippen LogP contribution in [0.4, 0.5) is 0 Å². The van der Waals surface area contributed by atoms with Crippen LogP contribution in [0.3, 0.4) is 0 Å². The molecule has 0 rings (SSSR count). The number of hydrogen-bond acceptors (Lipinski definition) is 0. The Morgan fingerprint density at radius 3 is 1.88 bits per heavy atom. The van der Waals surface area contributed by atoms with E-state index < -0.39 is 10.8 Å². The van der Waals surface area contributed by atoms with Crippen LogP contribution >= 0.6 is 50.1 Å². The third kappa shape index (κ3) is 7.44. The average Bonchev–Trinajstić information content (AvgIpc) is 1.21. The molecule has 0 aliphatic carbocycles. The van der Waals surface area contributed by atoms with E-state index in [2.05, 4.69) is 15.3 Å². The quantitative estimate of drug-likeness (QED) is 0.354. The predicted octanol–water partition coefficient (Wildman–Crippen LogP) is 2.76. The fourth-order valence-corrected chi connectivity index (χ4v) is 4.37. The summed E-state index contributed by atoms with van der Waals surface area (Å²) in [4.78, 5) is 0. The minimum atomic E-state index is -1.19. The fourth-order valence-electron chi connectivity index (χ4n) is 0.226. The van der Waals surface area contributed by atoms with Gasteiger partial charge in [-0.05, 0) is 12.2 Å². The zero-order valence-corrected chi connectivity index (χ0v) is 8.94. The molecule has 0 atom stereocenters. The lowest BCUT2D eigenvalue weighted by molar-refractivity contribution is 1.69. The van der Waals surface area contributed by atoms with Gasteiger partial charge in [-0.2, -0.15) is 0 Å². The SMILES string of the molecule is C[Si](Br)=CC(Cl)(Cl)Cl. The van der Waals surface area contributed by atoms with Gasteiger partial charge in [0.25, 0.3) is 0 Å². The molecule has 5 heteroatoms. The first-order valence-electron chi connectivity index (χ1n) is 1.83. The van der Waals surface area contributed by atoms with Crippen molar-refractivity contribution >= 4 is 62.8 Å². The molecule has 0 heterocycles. The predicted molar refractivity (Wildman–Crippen MR) is 46.9 cm³/mol. The summed E-state index contributed by atoms with van der Waals surface area (Å²) in [5, 5.41) is 0. The second-order valence-corrected chi connectivity index (χ2v) is 8.86. The summed E-state index contributed by atoms with van der Waals surface area (Å²) in [5.74, 6) is 0. The maximum Gasteiger partial charge on any atom is 0.206 e. The van der Waals surface area contributed by atoms with Gasteiger partial charge in [0, 0.05) is 0 Å². The molecule has 0 saturated carbocycles. The van der Waals surface area contributed by atoms with E-state index in [-0.39, 0.29) is 0 Å². The molecule has 8 heavy (non-hydrogen) atoms. The van der Waals surface area contributed by atoms with Crippen molar-refractivity contribution in [2.75, 3.05) is 0 Å². The first-order valence-corrected chi connectivity index (χ1v) is 7.30. The van der Waals surface area contributed by atoms with Crippen LogP contribution in [-0.4, -0.2) is 16.5 Å². The molecule has 0 aliphatic rings. The highest BCUT2D eigenvalue weighted by atomic mass is 79.9. The molecule has 0 nitrogen and oxygen atoms in total. The molecule has 0 spiro atoms. The van der Waals surface area contributed by atoms with E-state index in [0.29, 0.717) is 0 Å². The molecule has 0 fully saturated rings. The van der Waals surface area contributed by atoms with E-state index >= 15 is 0 Å². The monoisotopic (exact) mass is 252 g/mol. The first kappa shape index (κ1) is 9.44. The molecule has 0 aliphatic heterocycles. The van der Waals surface area contributed by atoms with E-state index in [0.717, 1.165) is 0 Å². The Bertz CT molecular complexity index is 102.